The minimum Gasteiger partial charge on any atom is -0.465 e. The second-order valence-corrected chi connectivity index (χ2v) is 7.83. The first-order chi connectivity index (χ1) is 14.0. The van der Waals surface area contributed by atoms with Crippen LogP contribution in [0.2, 0.25) is 0 Å². The molecule has 1 aliphatic heterocycles. The molecule has 2 aromatic rings. The number of nitrogens with zero attached hydrogens (tertiary/aromatic N) is 2. The first-order valence-electron chi connectivity index (χ1n) is 9.38. The number of hydrogen-bond donors (Lipinski definition) is 1. The molecule has 0 radical (unpaired) electrons. The lowest BCUT2D eigenvalue weighted by atomic mass is 10.1. The molecule has 1 aliphatic rings. The van der Waals surface area contributed by atoms with Crippen LogP contribution in [0.15, 0.2) is 47.2 Å². The summed E-state index contributed by atoms with van der Waals surface area (Å²) in [5, 5.41) is 3.05. The second-order valence-electron chi connectivity index (χ2n) is 6.92. The van der Waals surface area contributed by atoms with Gasteiger partial charge >= 0.3 is 5.97 Å². The third-order valence-corrected chi connectivity index (χ3v) is 5.31. The minimum atomic E-state index is -0.384. The number of aromatic nitrogens is 1. The maximum absolute atomic E-state index is 12.9. The molecule has 0 unspecified atom stereocenters. The number of nitrogens with one attached hydrogen (secondary N) is 1. The van der Waals surface area contributed by atoms with E-state index >= 15 is 0 Å². The Kier molecular flexibility index (Phi) is 7.35. The van der Waals surface area contributed by atoms with E-state index in [0.29, 0.717) is 31.9 Å². The number of hydrogen-bond acceptors (Lipinski definition) is 6. The minimum absolute atomic E-state index is 0.0859. The lowest BCUT2D eigenvalue weighted by Gasteiger charge is -2.35. The summed E-state index contributed by atoms with van der Waals surface area (Å²) >= 11 is 3.43. The van der Waals surface area contributed by atoms with Crippen LogP contribution < -0.4 is 5.32 Å². The van der Waals surface area contributed by atoms with Crippen molar-refractivity contribution in [2.45, 2.75) is 25.6 Å². The smallest absolute Gasteiger partial charge is 0.337 e. The normalized spacial score (nSPS) is 18.1. The molecular formula is C21H24BrN3O4. The number of amides is 1. The highest BCUT2D eigenvalue weighted by Gasteiger charge is 2.30. The number of carbonyl (C=O) groups is 2. The van der Waals surface area contributed by atoms with Gasteiger partial charge in [-0.1, -0.05) is 12.1 Å². The number of rotatable bonds is 6. The van der Waals surface area contributed by atoms with Gasteiger partial charge in [-0.05, 0) is 52.2 Å². The van der Waals surface area contributed by atoms with Crippen LogP contribution in [0.4, 0.5) is 0 Å². The van der Waals surface area contributed by atoms with E-state index in [1.54, 1.807) is 24.5 Å². The largest absolute Gasteiger partial charge is 0.465 e. The van der Waals surface area contributed by atoms with Crippen LogP contribution in [0.3, 0.4) is 0 Å². The highest BCUT2D eigenvalue weighted by Crippen LogP contribution is 2.18. The predicted molar refractivity (Wildman–Crippen MR) is 111 cm³/mol. The van der Waals surface area contributed by atoms with Crippen LogP contribution in [-0.4, -0.2) is 54.7 Å². The zero-order valence-electron chi connectivity index (χ0n) is 16.4. The number of methoxy groups -OCH3 is 1. The summed E-state index contributed by atoms with van der Waals surface area (Å²) in [6, 6.07) is 8.45. The molecule has 29 heavy (non-hydrogen) atoms. The van der Waals surface area contributed by atoms with Crippen molar-refractivity contribution in [1.82, 2.24) is 15.2 Å². The maximum Gasteiger partial charge on any atom is 0.337 e. The lowest BCUT2D eigenvalue weighted by Crippen LogP contribution is -2.53. The van der Waals surface area contributed by atoms with Crippen molar-refractivity contribution in [2.75, 3.05) is 26.9 Å². The number of benzene rings is 1. The van der Waals surface area contributed by atoms with Gasteiger partial charge in [-0.2, -0.15) is 0 Å². The second kappa shape index (κ2) is 9.96. The monoisotopic (exact) mass is 461 g/mol. The van der Waals surface area contributed by atoms with Crippen LogP contribution in [-0.2, 0) is 20.8 Å². The number of esters is 1. The van der Waals surface area contributed by atoms with Gasteiger partial charge in [0.05, 0.1) is 31.9 Å². The molecule has 0 bridgehead atoms. The Morgan fingerprint density at radius 2 is 2.10 bits per heavy atom. The highest BCUT2D eigenvalue weighted by molar-refractivity contribution is 9.10. The molecule has 1 aromatic heterocycles. The molecule has 1 amide bonds. The molecule has 1 aromatic carbocycles. The van der Waals surface area contributed by atoms with Gasteiger partial charge in [0.15, 0.2) is 0 Å². The number of morpholine rings is 1. The third-order valence-electron chi connectivity index (χ3n) is 4.88. The van der Waals surface area contributed by atoms with Gasteiger partial charge in [0.1, 0.15) is 6.04 Å². The molecule has 1 fully saturated rings. The van der Waals surface area contributed by atoms with E-state index in [1.165, 1.54) is 7.11 Å². The average Bonchev–Trinajstić information content (AvgIpc) is 2.73. The summed E-state index contributed by atoms with van der Waals surface area (Å²) in [5.74, 6) is -0.470. The van der Waals surface area contributed by atoms with Crippen molar-refractivity contribution in [1.29, 1.82) is 0 Å². The summed E-state index contributed by atoms with van der Waals surface area (Å²) in [5.41, 5.74) is 2.42. The van der Waals surface area contributed by atoms with Gasteiger partial charge in [-0.15, -0.1) is 0 Å². The van der Waals surface area contributed by atoms with Crippen molar-refractivity contribution in [3.63, 3.8) is 0 Å². The summed E-state index contributed by atoms with van der Waals surface area (Å²) in [4.78, 5) is 30.8. The maximum atomic E-state index is 12.9. The zero-order chi connectivity index (χ0) is 20.8. The summed E-state index contributed by atoms with van der Waals surface area (Å²) in [6.07, 6.45) is 3.54. The summed E-state index contributed by atoms with van der Waals surface area (Å²) in [6.45, 7) is 4.15. The Morgan fingerprint density at radius 3 is 2.79 bits per heavy atom. The molecule has 0 aliphatic carbocycles. The topological polar surface area (TPSA) is 80.8 Å². The molecule has 0 saturated carbocycles. The Morgan fingerprint density at radius 1 is 1.34 bits per heavy atom. The van der Waals surface area contributed by atoms with Gasteiger partial charge in [0.25, 0.3) is 0 Å². The molecule has 3 rings (SSSR count). The van der Waals surface area contributed by atoms with Crippen molar-refractivity contribution < 1.29 is 19.1 Å². The van der Waals surface area contributed by atoms with Crippen molar-refractivity contribution in [2.24, 2.45) is 0 Å². The van der Waals surface area contributed by atoms with E-state index < -0.39 is 0 Å². The number of ether oxygens (including phenoxy) is 2. The molecule has 1 N–H and O–H groups in total. The number of pyridine rings is 1. The van der Waals surface area contributed by atoms with Crippen LogP contribution in [0.25, 0.3) is 0 Å². The van der Waals surface area contributed by atoms with Crippen molar-refractivity contribution in [3.05, 3.63) is 63.9 Å². The van der Waals surface area contributed by atoms with Crippen LogP contribution in [0, 0.1) is 0 Å². The average molecular weight is 462 g/mol. The van der Waals surface area contributed by atoms with E-state index in [4.69, 9.17) is 9.47 Å². The molecule has 154 valence electrons. The van der Waals surface area contributed by atoms with E-state index in [9.17, 15) is 9.59 Å². The van der Waals surface area contributed by atoms with Gasteiger partial charge in [0.2, 0.25) is 5.91 Å². The molecule has 0 spiro atoms. The SMILES string of the molecule is COC(=O)c1ccc([C@H](C)NC(=O)[C@H]2COCCN2Cc2cncc(Br)c2)cc1. The Labute approximate surface area is 178 Å². The van der Waals surface area contributed by atoms with E-state index in [0.717, 1.165) is 15.6 Å². The zero-order valence-corrected chi connectivity index (χ0v) is 18.0. The highest BCUT2D eigenvalue weighted by atomic mass is 79.9. The van der Waals surface area contributed by atoms with Crippen molar-refractivity contribution >= 4 is 27.8 Å². The number of carbonyl (C=O) groups excluding carboxylic acids is 2. The van der Waals surface area contributed by atoms with Gasteiger partial charge < -0.3 is 14.8 Å². The van der Waals surface area contributed by atoms with Crippen molar-refractivity contribution in [3.8, 4) is 0 Å². The first-order valence-corrected chi connectivity index (χ1v) is 10.2. The summed E-state index contributed by atoms with van der Waals surface area (Å²) in [7, 11) is 1.35. The van der Waals surface area contributed by atoms with E-state index in [-0.39, 0.29) is 24.0 Å². The fourth-order valence-electron chi connectivity index (χ4n) is 3.26. The third kappa shape index (κ3) is 5.62. The first kappa shape index (κ1) is 21.4. The van der Waals surface area contributed by atoms with E-state index in [1.807, 2.05) is 25.1 Å². The van der Waals surface area contributed by atoms with Gasteiger partial charge in [-0.25, -0.2) is 4.79 Å². The molecule has 2 atom stereocenters. The molecule has 8 heteroatoms. The predicted octanol–water partition coefficient (Wildman–Crippen LogP) is 2.71. The quantitative estimate of drug-likeness (QED) is 0.666. The van der Waals surface area contributed by atoms with E-state index in [2.05, 4.69) is 31.1 Å². The van der Waals surface area contributed by atoms with Gasteiger partial charge in [-0.3, -0.25) is 14.7 Å². The Bertz CT molecular complexity index is 859. The van der Waals surface area contributed by atoms with Gasteiger partial charge in [0, 0.05) is 30.0 Å². The van der Waals surface area contributed by atoms with Crippen LogP contribution >= 0.6 is 15.9 Å². The molecule has 1 saturated heterocycles. The lowest BCUT2D eigenvalue weighted by molar-refractivity contribution is -0.133. The fraction of sp³-hybridized carbons (Fsp3) is 0.381. The molecular weight excluding hydrogens is 438 g/mol. The van der Waals surface area contributed by atoms with Crippen LogP contribution in [0.1, 0.15) is 34.5 Å². The fourth-order valence-corrected chi connectivity index (χ4v) is 3.68. The number of halogens is 1. The summed E-state index contributed by atoms with van der Waals surface area (Å²) < 4.78 is 11.2. The van der Waals surface area contributed by atoms with Crippen LogP contribution in [0.5, 0.6) is 0 Å². The standard InChI is InChI=1S/C21H24BrN3O4/c1-14(16-3-5-17(6-4-16)21(27)28-2)24-20(26)19-13-29-8-7-25(19)12-15-9-18(22)11-23-10-15/h3-6,9-11,14,19H,7-8,12-13H2,1-2H3,(H,24,26)/t14-,19+/m0/s1. The Hall–Kier alpha value is -2.29. The molecule has 7 nitrogen and oxygen atoms in total. The molecule has 2 heterocycles. The Balaban J connectivity index is 1.64.